The summed E-state index contributed by atoms with van der Waals surface area (Å²) < 4.78 is 155. The Hall–Kier alpha value is -0.660. The van der Waals surface area contributed by atoms with Crippen LogP contribution in [0.2, 0.25) is 0 Å². The molecule has 0 heterocycles. The second kappa shape index (κ2) is 4.93. The Kier molecular flexibility index (Phi) is 4.77. The molecule has 0 aromatic heterocycles. The minimum absolute atomic E-state index is 0.645. The number of halogens is 6. The SMILES string of the molecule is O=S(=O)(NS(=O)(=O)S(=O)(=O)C(F)(F)F)S(=O)(=O)C(F)(F)F. The predicted molar refractivity (Wildman–Crippen MR) is 50.9 cm³/mol. The van der Waals surface area contributed by atoms with Crippen molar-refractivity contribution in [3.8, 4) is 0 Å². The lowest BCUT2D eigenvalue weighted by molar-refractivity contribution is -0.0418. The van der Waals surface area contributed by atoms with E-state index in [1.807, 2.05) is 0 Å². The Morgan fingerprint density at radius 1 is 0.524 bits per heavy atom. The molecule has 0 saturated carbocycles. The third-order valence-electron chi connectivity index (χ3n) is 1.35. The summed E-state index contributed by atoms with van der Waals surface area (Å²) in [5.74, 6) is 0. The van der Waals surface area contributed by atoms with Crippen LogP contribution in [0.4, 0.5) is 26.3 Å². The smallest absolute Gasteiger partial charge is 0.202 e. The lowest BCUT2D eigenvalue weighted by atomic mass is 11.6. The molecule has 0 amide bonds. The van der Waals surface area contributed by atoms with Gasteiger partial charge in [0.1, 0.15) is 0 Å². The fourth-order valence-corrected chi connectivity index (χ4v) is 7.78. The van der Waals surface area contributed by atoms with Crippen molar-refractivity contribution in [1.82, 2.24) is 4.13 Å². The van der Waals surface area contributed by atoms with Crippen LogP contribution in [0.1, 0.15) is 0 Å². The first-order valence-electron chi connectivity index (χ1n) is 3.62. The monoisotopic (exact) mass is 409 g/mol. The van der Waals surface area contributed by atoms with E-state index in [1.54, 1.807) is 0 Å². The van der Waals surface area contributed by atoms with E-state index in [1.165, 1.54) is 0 Å². The van der Waals surface area contributed by atoms with Crippen LogP contribution >= 0.6 is 0 Å². The zero-order valence-corrected chi connectivity index (χ0v) is 11.9. The Balaban J connectivity index is 6.17. The van der Waals surface area contributed by atoms with Crippen molar-refractivity contribution < 1.29 is 60.0 Å². The summed E-state index contributed by atoms with van der Waals surface area (Å²) in [5, 5.41) is 0. The fourth-order valence-electron chi connectivity index (χ4n) is 0.463. The highest BCUT2D eigenvalue weighted by atomic mass is 33.2. The molecule has 0 rings (SSSR count). The van der Waals surface area contributed by atoms with Gasteiger partial charge >= 0.3 is 46.9 Å². The van der Waals surface area contributed by atoms with Crippen LogP contribution in [-0.4, -0.2) is 44.7 Å². The third-order valence-corrected chi connectivity index (χ3v) is 11.1. The average molecular weight is 409 g/mol. The molecular formula is C2HF6NO8S4. The van der Waals surface area contributed by atoms with E-state index in [-0.39, 0.29) is 0 Å². The van der Waals surface area contributed by atoms with Gasteiger partial charge in [0.05, 0.1) is 0 Å². The molecule has 0 aromatic carbocycles. The normalized spacial score (nSPS) is 15.9. The lowest BCUT2D eigenvalue weighted by Gasteiger charge is -2.11. The van der Waals surface area contributed by atoms with Crippen LogP contribution in [0.15, 0.2) is 0 Å². The van der Waals surface area contributed by atoms with Gasteiger partial charge in [-0.3, -0.25) is 0 Å². The Morgan fingerprint density at radius 3 is 0.857 bits per heavy atom. The van der Waals surface area contributed by atoms with Crippen molar-refractivity contribution in [3.63, 3.8) is 0 Å². The van der Waals surface area contributed by atoms with E-state index in [0.29, 0.717) is 0 Å². The first-order valence-corrected chi connectivity index (χ1v) is 10.6. The van der Waals surface area contributed by atoms with E-state index in [4.69, 9.17) is 0 Å². The van der Waals surface area contributed by atoms with E-state index < -0.39 is 51.0 Å². The first-order chi connectivity index (χ1) is 8.71. The van der Waals surface area contributed by atoms with Gasteiger partial charge in [0.2, 0.25) is 0 Å². The van der Waals surface area contributed by atoms with Gasteiger partial charge in [-0.05, 0) is 0 Å². The van der Waals surface area contributed by atoms with Crippen LogP contribution in [0.3, 0.4) is 0 Å². The van der Waals surface area contributed by atoms with Crippen molar-refractivity contribution in [2.24, 2.45) is 0 Å². The number of hydrogen-bond acceptors (Lipinski definition) is 8. The molecule has 0 aliphatic rings. The molecule has 0 aliphatic carbocycles. The van der Waals surface area contributed by atoms with Gasteiger partial charge < -0.3 is 0 Å². The average Bonchev–Trinajstić information content (AvgIpc) is 2.11. The lowest BCUT2D eigenvalue weighted by Crippen LogP contribution is -2.46. The Morgan fingerprint density at radius 2 is 0.714 bits per heavy atom. The summed E-state index contributed by atoms with van der Waals surface area (Å²) in [5.41, 5.74) is -13.2. The second-order valence-electron chi connectivity index (χ2n) is 2.79. The zero-order valence-electron chi connectivity index (χ0n) is 8.67. The van der Waals surface area contributed by atoms with E-state index in [2.05, 4.69) is 0 Å². The van der Waals surface area contributed by atoms with E-state index >= 15 is 0 Å². The fraction of sp³-hybridized carbons (Fsp3) is 1.00. The maximum Gasteiger partial charge on any atom is 0.513 e. The molecule has 0 radical (unpaired) electrons. The quantitative estimate of drug-likeness (QED) is 0.456. The number of rotatable bonds is 4. The molecule has 1 N–H and O–H groups in total. The van der Waals surface area contributed by atoms with Crippen molar-refractivity contribution in [2.45, 2.75) is 11.0 Å². The minimum atomic E-state index is -7.36. The Bertz CT molecular complexity index is 751. The van der Waals surface area contributed by atoms with Crippen LogP contribution in [0, 0.1) is 0 Å². The molecule has 0 spiro atoms. The molecule has 0 saturated heterocycles. The van der Waals surface area contributed by atoms with Crippen molar-refractivity contribution in [1.29, 1.82) is 0 Å². The molecule has 19 heteroatoms. The highest BCUT2D eigenvalue weighted by Crippen LogP contribution is 2.31. The van der Waals surface area contributed by atoms with Gasteiger partial charge in [-0.15, -0.1) is 0 Å². The topological polar surface area (TPSA) is 149 Å². The first kappa shape index (κ1) is 20.3. The summed E-state index contributed by atoms with van der Waals surface area (Å²) in [6, 6.07) is 0. The van der Waals surface area contributed by atoms with Crippen molar-refractivity contribution in [3.05, 3.63) is 0 Å². The van der Waals surface area contributed by atoms with E-state index in [0.717, 1.165) is 0 Å². The predicted octanol–water partition coefficient (Wildman–Crippen LogP) is -1.07. The zero-order chi connectivity index (χ0) is 17.7. The summed E-state index contributed by atoms with van der Waals surface area (Å²) in [4.78, 5) is 0. The van der Waals surface area contributed by atoms with Crippen LogP contribution in [0.25, 0.3) is 0 Å². The number of nitrogens with one attached hydrogen (secondary N) is 1. The van der Waals surface area contributed by atoms with Gasteiger partial charge in [-0.2, -0.15) is 43.2 Å². The van der Waals surface area contributed by atoms with Crippen LogP contribution < -0.4 is 4.13 Å². The van der Waals surface area contributed by atoms with Gasteiger partial charge in [-0.1, -0.05) is 4.13 Å². The second-order valence-corrected chi connectivity index (χ2v) is 13.3. The molecule has 0 unspecified atom stereocenters. The van der Waals surface area contributed by atoms with Crippen LogP contribution in [-0.2, 0) is 35.8 Å². The van der Waals surface area contributed by atoms with Crippen molar-refractivity contribution in [2.75, 3.05) is 0 Å². The van der Waals surface area contributed by atoms with Gasteiger partial charge in [0.15, 0.2) is 0 Å². The molecule has 128 valence electrons. The minimum Gasteiger partial charge on any atom is -0.202 e. The molecule has 0 atom stereocenters. The van der Waals surface area contributed by atoms with Gasteiger partial charge in [0.25, 0.3) is 0 Å². The summed E-state index contributed by atoms with van der Waals surface area (Å²) in [7, 11) is -28.9. The molecule has 21 heavy (non-hydrogen) atoms. The van der Waals surface area contributed by atoms with E-state index in [9.17, 15) is 60.0 Å². The molecule has 0 aliphatic heterocycles. The molecule has 0 fully saturated rings. The maximum atomic E-state index is 11.9. The molecular weight excluding hydrogens is 408 g/mol. The largest absolute Gasteiger partial charge is 0.513 e. The third kappa shape index (κ3) is 3.40. The standard InChI is InChI=1S/C2HF6NO8S4/c3-1(4,5)18(10,11)20(14,15)9-21(16,17)19(12,13)2(6,7)8/h9H. The highest BCUT2D eigenvalue weighted by molar-refractivity contribution is 8.74. The molecule has 9 nitrogen and oxygen atoms in total. The van der Waals surface area contributed by atoms with Crippen LogP contribution in [0.5, 0.6) is 0 Å². The van der Waals surface area contributed by atoms with Gasteiger partial charge in [-0.25, -0.2) is 16.8 Å². The summed E-state index contributed by atoms with van der Waals surface area (Å²) >= 11 is 0. The number of alkyl halides is 6. The molecule has 0 bridgehead atoms. The summed E-state index contributed by atoms with van der Waals surface area (Å²) in [6.45, 7) is 0. The van der Waals surface area contributed by atoms with Crippen molar-refractivity contribution >= 4 is 35.8 Å². The van der Waals surface area contributed by atoms with Gasteiger partial charge in [0, 0.05) is 0 Å². The Labute approximate surface area is 111 Å². The number of hydrogen-bond donors (Lipinski definition) is 1. The maximum absolute atomic E-state index is 11.9. The molecule has 0 aromatic rings. The highest BCUT2D eigenvalue weighted by Gasteiger charge is 2.61. The summed E-state index contributed by atoms with van der Waals surface area (Å²) in [6.07, 6.45) is 0.